The van der Waals surface area contributed by atoms with Crippen LogP contribution in [0.2, 0.25) is 0 Å². The Labute approximate surface area is 133 Å². The van der Waals surface area contributed by atoms with Crippen LogP contribution in [0.25, 0.3) is 0 Å². The molecule has 1 aliphatic heterocycles. The van der Waals surface area contributed by atoms with Crippen LogP contribution in [0.5, 0.6) is 0 Å². The van der Waals surface area contributed by atoms with Crippen molar-refractivity contribution in [2.24, 2.45) is 0 Å². The van der Waals surface area contributed by atoms with E-state index >= 15 is 0 Å². The summed E-state index contributed by atoms with van der Waals surface area (Å²) in [7, 11) is 1.49. The van der Waals surface area contributed by atoms with Crippen molar-refractivity contribution in [3.8, 4) is 6.07 Å². The second-order valence-corrected chi connectivity index (χ2v) is 7.14. The number of carbonyl (C=O) groups is 1. The molecule has 1 heterocycles. The average Bonchev–Trinajstić information content (AvgIpc) is 2.67. The van der Waals surface area contributed by atoms with Crippen LogP contribution < -0.4 is 0 Å². The van der Waals surface area contributed by atoms with Gasteiger partial charge in [-0.05, 0) is 52.4 Å². The zero-order valence-electron chi connectivity index (χ0n) is 14.2. The van der Waals surface area contributed by atoms with Crippen molar-refractivity contribution in [3.63, 3.8) is 0 Å². The lowest BCUT2D eigenvalue weighted by Gasteiger charge is -2.32. The molecular formula is C16H25BN2O3. The molecule has 22 heavy (non-hydrogen) atoms. The predicted octanol–water partition coefficient (Wildman–Crippen LogP) is 2.47. The molecule has 0 aromatic carbocycles. The Morgan fingerprint density at radius 2 is 2.00 bits per heavy atom. The van der Waals surface area contributed by atoms with E-state index in [0.29, 0.717) is 0 Å². The SMILES string of the molecule is CN(C(=O)CC#N)C1CC=C(B2OC(C)(C)C(C)(C)O2)CC1. The monoisotopic (exact) mass is 304 g/mol. The van der Waals surface area contributed by atoms with Gasteiger partial charge in [0.15, 0.2) is 0 Å². The third kappa shape index (κ3) is 3.21. The van der Waals surface area contributed by atoms with Crippen LogP contribution in [-0.4, -0.2) is 42.2 Å². The summed E-state index contributed by atoms with van der Waals surface area (Å²) < 4.78 is 12.1. The van der Waals surface area contributed by atoms with Gasteiger partial charge in [0.05, 0.1) is 17.3 Å². The lowest BCUT2D eigenvalue weighted by Crippen LogP contribution is -2.41. The molecule has 0 spiro atoms. The molecule has 1 atom stereocenters. The first-order valence-electron chi connectivity index (χ1n) is 7.85. The first-order chi connectivity index (χ1) is 10.2. The highest BCUT2D eigenvalue weighted by molar-refractivity contribution is 6.54. The summed E-state index contributed by atoms with van der Waals surface area (Å²) in [5.41, 5.74) is 0.514. The number of hydrogen-bond donors (Lipinski definition) is 0. The number of rotatable bonds is 3. The minimum absolute atomic E-state index is 0.0548. The number of allylic oxidation sites excluding steroid dienone is 1. The highest BCUT2D eigenvalue weighted by Gasteiger charge is 2.52. The van der Waals surface area contributed by atoms with E-state index in [0.717, 1.165) is 24.7 Å². The molecule has 6 heteroatoms. The molecule has 120 valence electrons. The summed E-state index contributed by atoms with van der Waals surface area (Å²) in [6.45, 7) is 8.20. The highest BCUT2D eigenvalue weighted by Crippen LogP contribution is 2.40. The number of hydrogen-bond acceptors (Lipinski definition) is 4. The fraction of sp³-hybridized carbons (Fsp3) is 0.750. The zero-order chi connectivity index (χ0) is 16.5. The zero-order valence-corrected chi connectivity index (χ0v) is 14.2. The molecule has 1 aliphatic carbocycles. The van der Waals surface area contributed by atoms with E-state index < -0.39 is 0 Å². The van der Waals surface area contributed by atoms with E-state index in [1.807, 2.05) is 33.8 Å². The van der Waals surface area contributed by atoms with Gasteiger partial charge >= 0.3 is 7.12 Å². The highest BCUT2D eigenvalue weighted by atomic mass is 16.7. The Balaban J connectivity index is 1.99. The Bertz CT molecular complexity index is 506. The van der Waals surface area contributed by atoms with Crippen molar-refractivity contribution in [2.75, 3.05) is 7.05 Å². The van der Waals surface area contributed by atoms with Gasteiger partial charge in [-0.15, -0.1) is 0 Å². The topological polar surface area (TPSA) is 62.6 Å². The van der Waals surface area contributed by atoms with E-state index in [1.165, 1.54) is 0 Å². The number of nitrogens with zero attached hydrogens (tertiary/aromatic N) is 2. The number of carbonyl (C=O) groups excluding carboxylic acids is 1. The molecule has 0 aromatic heterocycles. The van der Waals surface area contributed by atoms with E-state index in [4.69, 9.17) is 14.6 Å². The van der Waals surface area contributed by atoms with Gasteiger partial charge in [0, 0.05) is 13.1 Å². The molecule has 1 unspecified atom stereocenters. The molecular weight excluding hydrogens is 279 g/mol. The second-order valence-electron chi connectivity index (χ2n) is 7.14. The van der Waals surface area contributed by atoms with Crippen molar-refractivity contribution in [1.82, 2.24) is 4.90 Å². The van der Waals surface area contributed by atoms with Gasteiger partial charge in [-0.25, -0.2) is 0 Å². The van der Waals surface area contributed by atoms with Crippen molar-refractivity contribution in [1.29, 1.82) is 5.26 Å². The summed E-state index contributed by atoms with van der Waals surface area (Å²) in [4.78, 5) is 13.5. The van der Waals surface area contributed by atoms with Gasteiger partial charge in [-0.2, -0.15) is 5.26 Å². The molecule has 1 amide bonds. The maximum atomic E-state index is 11.8. The summed E-state index contributed by atoms with van der Waals surface area (Å²) in [6, 6.07) is 2.07. The molecule has 5 nitrogen and oxygen atoms in total. The molecule has 1 fully saturated rings. The van der Waals surface area contributed by atoms with E-state index in [9.17, 15) is 4.79 Å². The minimum Gasteiger partial charge on any atom is -0.400 e. The first kappa shape index (κ1) is 17.0. The number of amides is 1. The fourth-order valence-electron chi connectivity index (χ4n) is 2.80. The average molecular weight is 304 g/mol. The van der Waals surface area contributed by atoms with Gasteiger partial charge < -0.3 is 14.2 Å². The minimum atomic E-state index is -0.324. The molecule has 0 aromatic rings. The van der Waals surface area contributed by atoms with Gasteiger partial charge in [0.25, 0.3) is 0 Å². The Kier molecular flexibility index (Phi) is 4.69. The van der Waals surface area contributed by atoms with Crippen LogP contribution in [0.1, 0.15) is 53.4 Å². The van der Waals surface area contributed by atoms with Crippen LogP contribution in [0, 0.1) is 11.3 Å². The van der Waals surface area contributed by atoms with Crippen LogP contribution in [0.3, 0.4) is 0 Å². The van der Waals surface area contributed by atoms with Crippen LogP contribution in [0.15, 0.2) is 11.5 Å². The van der Waals surface area contributed by atoms with Crippen LogP contribution >= 0.6 is 0 Å². The smallest absolute Gasteiger partial charge is 0.400 e. The predicted molar refractivity (Wildman–Crippen MR) is 84.8 cm³/mol. The molecule has 0 N–H and O–H groups in total. The molecule has 0 bridgehead atoms. The van der Waals surface area contributed by atoms with Crippen molar-refractivity contribution < 1.29 is 14.1 Å². The Morgan fingerprint density at radius 3 is 2.45 bits per heavy atom. The summed E-state index contributed by atoms with van der Waals surface area (Å²) in [5.74, 6) is -0.111. The van der Waals surface area contributed by atoms with E-state index in [2.05, 4.69) is 6.08 Å². The standard InChI is InChI=1S/C16H25BN2O3/c1-15(2)16(3,4)22-17(21-15)12-6-8-13(9-7-12)19(5)14(20)10-11-18/h6,13H,7-10H2,1-5H3. The molecule has 2 aliphatic rings. The summed E-state index contributed by atoms with van der Waals surface area (Å²) >= 11 is 0. The maximum Gasteiger partial charge on any atom is 0.490 e. The molecule has 0 radical (unpaired) electrons. The van der Waals surface area contributed by atoms with Gasteiger partial charge in [0.2, 0.25) is 5.91 Å². The van der Waals surface area contributed by atoms with Crippen molar-refractivity contribution in [2.45, 2.75) is 70.6 Å². The lowest BCUT2D eigenvalue weighted by molar-refractivity contribution is -0.131. The fourth-order valence-corrected chi connectivity index (χ4v) is 2.80. The second kappa shape index (κ2) is 6.06. The lowest BCUT2D eigenvalue weighted by atomic mass is 9.71. The Hall–Kier alpha value is -1.32. The third-order valence-electron chi connectivity index (χ3n) is 5.15. The van der Waals surface area contributed by atoms with E-state index in [1.54, 1.807) is 11.9 Å². The quantitative estimate of drug-likeness (QED) is 0.751. The Morgan fingerprint density at radius 1 is 1.41 bits per heavy atom. The van der Waals surface area contributed by atoms with Gasteiger partial charge in [-0.3, -0.25) is 4.79 Å². The largest absolute Gasteiger partial charge is 0.490 e. The third-order valence-corrected chi connectivity index (χ3v) is 5.15. The first-order valence-corrected chi connectivity index (χ1v) is 7.85. The van der Waals surface area contributed by atoms with Crippen molar-refractivity contribution in [3.05, 3.63) is 11.5 Å². The van der Waals surface area contributed by atoms with Crippen LogP contribution in [0.4, 0.5) is 0 Å². The van der Waals surface area contributed by atoms with Crippen LogP contribution in [-0.2, 0) is 14.1 Å². The van der Waals surface area contributed by atoms with Gasteiger partial charge in [-0.1, -0.05) is 6.08 Å². The summed E-state index contributed by atoms with van der Waals surface area (Å²) in [5, 5.41) is 8.63. The van der Waals surface area contributed by atoms with Gasteiger partial charge in [0.1, 0.15) is 6.42 Å². The molecule has 1 saturated heterocycles. The van der Waals surface area contributed by atoms with E-state index in [-0.39, 0.29) is 36.7 Å². The molecule has 0 saturated carbocycles. The summed E-state index contributed by atoms with van der Waals surface area (Å²) in [6.07, 6.45) is 4.59. The normalized spacial score (nSPS) is 26.3. The molecule has 2 rings (SSSR count). The van der Waals surface area contributed by atoms with Crippen molar-refractivity contribution >= 4 is 13.0 Å². The maximum absolute atomic E-state index is 11.8. The number of nitriles is 1.